The molecule has 0 radical (unpaired) electrons. The molecule has 0 aromatic heterocycles. The molecule has 1 nitrogen and oxygen atoms in total. The Morgan fingerprint density at radius 1 is 0.944 bits per heavy atom. The molecule has 0 amide bonds. The van der Waals surface area contributed by atoms with E-state index in [1.54, 1.807) is 0 Å². The van der Waals surface area contributed by atoms with E-state index in [9.17, 15) is 0 Å². The van der Waals surface area contributed by atoms with Crippen LogP contribution in [0.4, 0.5) is 0 Å². The molecule has 2 aliphatic carbocycles. The third kappa shape index (κ3) is 3.29. The van der Waals surface area contributed by atoms with Gasteiger partial charge >= 0.3 is 0 Å². The number of hydrogen-bond donors (Lipinski definition) is 1. The predicted molar refractivity (Wildman–Crippen MR) is 79.7 cm³/mol. The first-order chi connectivity index (χ1) is 8.76. The highest BCUT2D eigenvalue weighted by Gasteiger charge is 2.38. The molecule has 0 aliphatic heterocycles. The molecule has 2 rings (SSSR count). The monoisotopic (exact) mass is 251 g/mol. The van der Waals surface area contributed by atoms with Crippen molar-refractivity contribution >= 4 is 0 Å². The zero-order chi connectivity index (χ0) is 13.0. The number of hydrogen-bond acceptors (Lipinski definition) is 1. The van der Waals surface area contributed by atoms with Gasteiger partial charge in [0.05, 0.1) is 0 Å². The van der Waals surface area contributed by atoms with Crippen LogP contribution in [0, 0.1) is 23.7 Å². The summed E-state index contributed by atoms with van der Waals surface area (Å²) in [6.07, 6.45) is 11.7. The maximum atomic E-state index is 3.77. The summed E-state index contributed by atoms with van der Waals surface area (Å²) in [7, 11) is 0. The Labute approximate surface area is 114 Å². The summed E-state index contributed by atoms with van der Waals surface area (Å²) in [4.78, 5) is 0. The molecule has 0 spiro atoms. The average molecular weight is 251 g/mol. The lowest BCUT2D eigenvalue weighted by Crippen LogP contribution is -2.35. The first-order valence-corrected chi connectivity index (χ1v) is 8.49. The summed E-state index contributed by atoms with van der Waals surface area (Å²) in [6.45, 7) is 8.37. The molecule has 2 fully saturated rings. The molecule has 18 heavy (non-hydrogen) atoms. The van der Waals surface area contributed by atoms with Crippen molar-refractivity contribution in [2.24, 2.45) is 23.7 Å². The van der Waals surface area contributed by atoms with E-state index in [0.717, 1.165) is 29.7 Å². The van der Waals surface area contributed by atoms with Gasteiger partial charge in [0, 0.05) is 6.04 Å². The smallest absolute Gasteiger partial charge is 0.00955 e. The van der Waals surface area contributed by atoms with Gasteiger partial charge in [0.15, 0.2) is 0 Å². The van der Waals surface area contributed by atoms with E-state index in [4.69, 9.17) is 0 Å². The Morgan fingerprint density at radius 2 is 1.67 bits per heavy atom. The molecule has 3 unspecified atom stereocenters. The molecule has 0 aromatic carbocycles. The molecule has 0 bridgehead atoms. The molecule has 106 valence electrons. The lowest BCUT2D eigenvalue weighted by Gasteiger charge is -2.34. The third-order valence-electron chi connectivity index (χ3n) is 5.85. The normalized spacial score (nSPS) is 41.2. The maximum absolute atomic E-state index is 3.77. The Balaban J connectivity index is 1.80. The van der Waals surface area contributed by atoms with Crippen LogP contribution < -0.4 is 5.32 Å². The van der Waals surface area contributed by atoms with Crippen LogP contribution in [0.25, 0.3) is 0 Å². The summed E-state index contributed by atoms with van der Waals surface area (Å²) >= 11 is 0. The zero-order valence-electron chi connectivity index (χ0n) is 12.8. The molecular formula is C17H33N. The Kier molecular flexibility index (Phi) is 5.54. The van der Waals surface area contributed by atoms with Gasteiger partial charge in [-0.3, -0.25) is 0 Å². The fourth-order valence-electron chi connectivity index (χ4n) is 4.50. The van der Waals surface area contributed by atoms with E-state index in [0.29, 0.717) is 0 Å². The highest BCUT2D eigenvalue weighted by Crippen LogP contribution is 2.44. The standard InChI is InChI=1S/C17H33N/c1-4-12-18-17-11-10-16(13(17)3)15-8-6-14(5-2)7-9-15/h13-18H,4-12H2,1-3H3. The molecular weight excluding hydrogens is 218 g/mol. The molecule has 2 saturated carbocycles. The van der Waals surface area contributed by atoms with Crippen molar-refractivity contribution in [1.29, 1.82) is 0 Å². The summed E-state index contributed by atoms with van der Waals surface area (Å²) in [5, 5.41) is 3.77. The van der Waals surface area contributed by atoms with Gasteiger partial charge in [-0.25, -0.2) is 0 Å². The summed E-state index contributed by atoms with van der Waals surface area (Å²) in [6, 6.07) is 0.818. The summed E-state index contributed by atoms with van der Waals surface area (Å²) < 4.78 is 0. The van der Waals surface area contributed by atoms with Crippen molar-refractivity contribution in [2.75, 3.05) is 6.54 Å². The first kappa shape index (κ1) is 14.4. The topological polar surface area (TPSA) is 12.0 Å². The minimum atomic E-state index is 0.818. The average Bonchev–Trinajstić information content (AvgIpc) is 2.78. The molecule has 0 saturated heterocycles. The van der Waals surface area contributed by atoms with E-state index < -0.39 is 0 Å². The number of rotatable bonds is 5. The van der Waals surface area contributed by atoms with Crippen molar-refractivity contribution in [1.82, 2.24) is 5.32 Å². The van der Waals surface area contributed by atoms with Gasteiger partial charge in [-0.15, -0.1) is 0 Å². The third-order valence-corrected chi connectivity index (χ3v) is 5.85. The second kappa shape index (κ2) is 6.93. The molecule has 0 heterocycles. The van der Waals surface area contributed by atoms with Crippen molar-refractivity contribution in [3.63, 3.8) is 0 Å². The zero-order valence-corrected chi connectivity index (χ0v) is 12.8. The van der Waals surface area contributed by atoms with Crippen molar-refractivity contribution in [2.45, 2.75) is 78.2 Å². The van der Waals surface area contributed by atoms with E-state index >= 15 is 0 Å². The minimum absolute atomic E-state index is 0.818. The van der Waals surface area contributed by atoms with Gasteiger partial charge in [-0.2, -0.15) is 0 Å². The van der Waals surface area contributed by atoms with Crippen LogP contribution in [-0.2, 0) is 0 Å². The summed E-state index contributed by atoms with van der Waals surface area (Å²) in [5.41, 5.74) is 0. The minimum Gasteiger partial charge on any atom is -0.314 e. The Bertz CT molecular complexity index is 230. The van der Waals surface area contributed by atoms with Crippen molar-refractivity contribution < 1.29 is 0 Å². The lowest BCUT2D eigenvalue weighted by molar-refractivity contribution is 0.168. The number of nitrogens with one attached hydrogen (secondary N) is 1. The van der Waals surface area contributed by atoms with Gasteiger partial charge in [-0.1, -0.05) is 40.0 Å². The Morgan fingerprint density at radius 3 is 2.28 bits per heavy atom. The second-order valence-corrected chi connectivity index (χ2v) is 6.85. The van der Waals surface area contributed by atoms with Gasteiger partial charge < -0.3 is 5.32 Å². The van der Waals surface area contributed by atoms with Crippen LogP contribution in [0.3, 0.4) is 0 Å². The maximum Gasteiger partial charge on any atom is 0.00955 e. The predicted octanol–water partition coefficient (Wildman–Crippen LogP) is 4.62. The largest absolute Gasteiger partial charge is 0.314 e. The van der Waals surface area contributed by atoms with Crippen LogP contribution in [-0.4, -0.2) is 12.6 Å². The lowest BCUT2D eigenvalue weighted by atomic mass is 9.72. The molecule has 2 aliphatic rings. The van der Waals surface area contributed by atoms with Crippen LogP contribution in [0.1, 0.15) is 72.1 Å². The molecule has 1 heteroatoms. The molecule has 0 aromatic rings. The van der Waals surface area contributed by atoms with Gasteiger partial charge in [0.1, 0.15) is 0 Å². The summed E-state index contributed by atoms with van der Waals surface area (Å²) in [5.74, 6) is 4.04. The van der Waals surface area contributed by atoms with Crippen molar-refractivity contribution in [3.8, 4) is 0 Å². The van der Waals surface area contributed by atoms with Crippen molar-refractivity contribution in [3.05, 3.63) is 0 Å². The van der Waals surface area contributed by atoms with Gasteiger partial charge in [0.25, 0.3) is 0 Å². The van der Waals surface area contributed by atoms with E-state index in [1.165, 1.54) is 57.9 Å². The quantitative estimate of drug-likeness (QED) is 0.752. The SMILES string of the molecule is CCCNC1CCC(C2CCC(CC)CC2)C1C. The van der Waals surface area contributed by atoms with Gasteiger partial charge in [-0.05, 0) is 62.3 Å². The molecule has 3 atom stereocenters. The molecule has 1 N–H and O–H groups in total. The van der Waals surface area contributed by atoms with E-state index in [1.807, 2.05) is 0 Å². The van der Waals surface area contributed by atoms with Crippen LogP contribution in [0.5, 0.6) is 0 Å². The highest BCUT2D eigenvalue weighted by molar-refractivity contribution is 4.91. The van der Waals surface area contributed by atoms with Crippen LogP contribution >= 0.6 is 0 Å². The van der Waals surface area contributed by atoms with Crippen LogP contribution in [0.2, 0.25) is 0 Å². The van der Waals surface area contributed by atoms with E-state index in [-0.39, 0.29) is 0 Å². The second-order valence-electron chi connectivity index (χ2n) is 6.85. The highest BCUT2D eigenvalue weighted by atomic mass is 14.9. The van der Waals surface area contributed by atoms with Crippen LogP contribution in [0.15, 0.2) is 0 Å². The first-order valence-electron chi connectivity index (χ1n) is 8.49. The van der Waals surface area contributed by atoms with E-state index in [2.05, 4.69) is 26.1 Å². The van der Waals surface area contributed by atoms with Gasteiger partial charge in [0.2, 0.25) is 0 Å². The fourth-order valence-corrected chi connectivity index (χ4v) is 4.50. The Hall–Kier alpha value is -0.0400. The fraction of sp³-hybridized carbons (Fsp3) is 1.00.